The van der Waals surface area contributed by atoms with Gasteiger partial charge in [-0.25, -0.2) is 8.42 Å². The molecule has 1 fully saturated rings. The Bertz CT molecular complexity index is 736. The highest BCUT2D eigenvalue weighted by atomic mass is 32.2. The Balaban J connectivity index is 2.15. The third kappa shape index (κ3) is 4.33. The Labute approximate surface area is 150 Å². The highest BCUT2D eigenvalue weighted by Crippen LogP contribution is 2.28. The molecule has 1 aliphatic heterocycles. The molecular formula is C18H28N2O4S. The smallest absolute Gasteiger partial charge is 0.243 e. The Kier molecular flexibility index (Phi) is 6.11. The van der Waals surface area contributed by atoms with Gasteiger partial charge in [-0.15, -0.1) is 0 Å². The van der Waals surface area contributed by atoms with Crippen LogP contribution in [0.2, 0.25) is 0 Å². The molecule has 1 aliphatic rings. The Morgan fingerprint density at radius 1 is 1.12 bits per heavy atom. The molecule has 0 atom stereocenters. The van der Waals surface area contributed by atoms with Gasteiger partial charge < -0.3 is 9.64 Å². The Hall–Kier alpha value is -1.60. The number of carbonyl (C=O) groups is 1. The third-order valence-corrected chi connectivity index (χ3v) is 6.53. The molecule has 140 valence electrons. The number of aryl methyl sites for hydroxylation is 2. The third-order valence-electron chi connectivity index (χ3n) is 4.48. The van der Waals surface area contributed by atoms with Crippen molar-refractivity contribution in [2.45, 2.75) is 39.0 Å². The summed E-state index contributed by atoms with van der Waals surface area (Å²) in [5, 5.41) is 0. The van der Waals surface area contributed by atoms with Crippen molar-refractivity contribution >= 4 is 15.9 Å². The average molecular weight is 368 g/mol. The van der Waals surface area contributed by atoms with Gasteiger partial charge in [-0.1, -0.05) is 13.8 Å². The SMILES string of the molecule is COc1cc(C)c(S(=O)(=O)N2CCN(C(=O)CC(C)C)CC2)cc1C. The van der Waals surface area contributed by atoms with Crippen LogP contribution in [0.25, 0.3) is 0 Å². The second-order valence-corrected chi connectivity index (χ2v) is 8.88. The van der Waals surface area contributed by atoms with E-state index in [1.807, 2.05) is 20.8 Å². The maximum absolute atomic E-state index is 13.0. The summed E-state index contributed by atoms with van der Waals surface area (Å²) in [7, 11) is -2.00. The molecule has 7 heteroatoms. The van der Waals surface area contributed by atoms with Crippen LogP contribution in [0.5, 0.6) is 5.75 Å². The maximum atomic E-state index is 13.0. The number of hydrogen-bond acceptors (Lipinski definition) is 4. The summed E-state index contributed by atoms with van der Waals surface area (Å²) >= 11 is 0. The van der Waals surface area contributed by atoms with E-state index in [1.54, 1.807) is 31.1 Å². The molecule has 0 spiro atoms. The number of piperazine rings is 1. The van der Waals surface area contributed by atoms with Crippen LogP contribution in [0.15, 0.2) is 17.0 Å². The fraction of sp³-hybridized carbons (Fsp3) is 0.611. The fourth-order valence-electron chi connectivity index (χ4n) is 3.06. The van der Waals surface area contributed by atoms with Crippen LogP contribution in [0.3, 0.4) is 0 Å². The van der Waals surface area contributed by atoms with E-state index in [0.717, 1.165) is 5.56 Å². The molecule has 0 unspecified atom stereocenters. The van der Waals surface area contributed by atoms with Gasteiger partial charge >= 0.3 is 0 Å². The molecule has 1 aromatic carbocycles. The second-order valence-electron chi connectivity index (χ2n) is 6.97. The lowest BCUT2D eigenvalue weighted by molar-refractivity contribution is -0.133. The first kappa shape index (κ1) is 19.7. The summed E-state index contributed by atoms with van der Waals surface area (Å²) in [6.07, 6.45) is 0.504. The topological polar surface area (TPSA) is 66.9 Å². The van der Waals surface area contributed by atoms with Crippen LogP contribution in [0.4, 0.5) is 0 Å². The minimum absolute atomic E-state index is 0.100. The molecule has 0 aliphatic carbocycles. The van der Waals surface area contributed by atoms with Crippen LogP contribution in [-0.4, -0.2) is 56.8 Å². The largest absolute Gasteiger partial charge is 0.496 e. The van der Waals surface area contributed by atoms with E-state index < -0.39 is 10.0 Å². The summed E-state index contributed by atoms with van der Waals surface area (Å²) < 4.78 is 32.7. The van der Waals surface area contributed by atoms with Gasteiger partial charge in [0.1, 0.15) is 5.75 Å². The molecule has 0 saturated carbocycles. The quantitative estimate of drug-likeness (QED) is 0.799. The fourth-order valence-corrected chi connectivity index (χ4v) is 4.77. The minimum atomic E-state index is -3.57. The number of rotatable bonds is 5. The van der Waals surface area contributed by atoms with E-state index in [1.165, 1.54) is 4.31 Å². The highest BCUT2D eigenvalue weighted by Gasteiger charge is 2.31. The van der Waals surface area contributed by atoms with E-state index in [-0.39, 0.29) is 5.91 Å². The van der Waals surface area contributed by atoms with Crippen molar-refractivity contribution in [1.29, 1.82) is 0 Å². The molecule has 6 nitrogen and oxygen atoms in total. The molecule has 1 amide bonds. The molecule has 0 aromatic heterocycles. The lowest BCUT2D eigenvalue weighted by Crippen LogP contribution is -2.50. The number of sulfonamides is 1. The minimum Gasteiger partial charge on any atom is -0.496 e. The van der Waals surface area contributed by atoms with Crippen molar-refractivity contribution in [3.05, 3.63) is 23.3 Å². The van der Waals surface area contributed by atoms with Gasteiger partial charge in [0.15, 0.2) is 0 Å². The first-order chi connectivity index (χ1) is 11.7. The Morgan fingerprint density at radius 2 is 1.72 bits per heavy atom. The second kappa shape index (κ2) is 7.74. The lowest BCUT2D eigenvalue weighted by Gasteiger charge is -2.34. The van der Waals surface area contributed by atoms with Gasteiger partial charge in [-0.2, -0.15) is 4.31 Å². The van der Waals surface area contributed by atoms with Gasteiger partial charge in [0.2, 0.25) is 15.9 Å². The number of hydrogen-bond donors (Lipinski definition) is 0. The molecular weight excluding hydrogens is 340 g/mol. The van der Waals surface area contributed by atoms with Crippen LogP contribution in [0, 0.1) is 19.8 Å². The summed E-state index contributed by atoms with van der Waals surface area (Å²) in [5.74, 6) is 1.09. The predicted octanol–water partition coefficient (Wildman–Crippen LogP) is 2.19. The summed E-state index contributed by atoms with van der Waals surface area (Å²) in [6.45, 7) is 9.17. The van der Waals surface area contributed by atoms with E-state index in [2.05, 4.69) is 0 Å². The molecule has 2 rings (SSSR count). The zero-order valence-corrected chi connectivity index (χ0v) is 16.5. The lowest BCUT2D eigenvalue weighted by atomic mass is 10.1. The zero-order valence-electron chi connectivity index (χ0n) is 15.7. The maximum Gasteiger partial charge on any atom is 0.243 e. The van der Waals surface area contributed by atoms with E-state index in [9.17, 15) is 13.2 Å². The summed E-state index contributed by atoms with van der Waals surface area (Å²) in [6, 6.07) is 3.42. The molecule has 1 saturated heterocycles. The zero-order chi connectivity index (χ0) is 18.8. The predicted molar refractivity (Wildman–Crippen MR) is 97.3 cm³/mol. The van der Waals surface area contributed by atoms with Crippen molar-refractivity contribution in [2.75, 3.05) is 33.3 Å². The van der Waals surface area contributed by atoms with E-state index in [4.69, 9.17) is 4.74 Å². The molecule has 1 aromatic rings. The van der Waals surface area contributed by atoms with Gasteiger partial charge in [0.25, 0.3) is 0 Å². The first-order valence-electron chi connectivity index (χ1n) is 8.60. The number of nitrogens with zero attached hydrogens (tertiary/aromatic N) is 2. The van der Waals surface area contributed by atoms with Gasteiger partial charge in [-0.3, -0.25) is 4.79 Å². The number of benzene rings is 1. The average Bonchev–Trinajstić information content (AvgIpc) is 2.55. The van der Waals surface area contributed by atoms with Crippen LogP contribution in [-0.2, 0) is 14.8 Å². The van der Waals surface area contributed by atoms with Crippen molar-refractivity contribution < 1.29 is 17.9 Å². The molecule has 1 heterocycles. The summed E-state index contributed by atoms with van der Waals surface area (Å²) in [4.78, 5) is 14.2. The number of ether oxygens (including phenoxy) is 1. The monoisotopic (exact) mass is 368 g/mol. The highest BCUT2D eigenvalue weighted by molar-refractivity contribution is 7.89. The van der Waals surface area contributed by atoms with Crippen LogP contribution >= 0.6 is 0 Å². The molecule has 0 radical (unpaired) electrons. The molecule has 0 N–H and O–H groups in total. The Morgan fingerprint density at radius 3 is 2.24 bits per heavy atom. The van der Waals surface area contributed by atoms with E-state index >= 15 is 0 Å². The number of methoxy groups -OCH3 is 1. The van der Waals surface area contributed by atoms with Gasteiger partial charge in [0, 0.05) is 32.6 Å². The first-order valence-corrected chi connectivity index (χ1v) is 10.0. The standard InChI is InChI=1S/C18H28N2O4S/c1-13(2)10-18(21)19-6-8-20(9-7-19)25(22,23)17-12-14(3)16(24-5)11-15(17)4/h11-13H,6-10H2,1-5H3. The van der Waals surface area contributed by atoms with Gasteiger partial charge in [0.05, 0.1) is 12.0 Å². The molecule has 0 bridgehead atoms. The van der Waals surface area contributed by atoms with Crippen molar-refractivity contribution in [1.82, 2.24) is 9.21 Å². The van der Waals surface area contributed by atoms with Crippen molar-refractivity contribution in [3.63, 3.8) is 0 Å². The van der Waals surface area contributed by atoms with E-state index in [0.29, 0.717) is 54.7 Å². The van der Waals surface area contributed by atoms with Crippen LogP contribution in [0.1, 0.15) is 31.4 Å². The number of carbonyl (C=O) groups excluding carboxylic acids is 1. The summed E-state index contributed by atoms with van der Waals surface area (Å²) in [5.41, 5.74) is 1.46. The van der Waals surface area contributed by atoms with Gasteiger partial charge in [-0.05, 0) is 43.0 Å². The van der Waals surface area contributed by atoms with Crippen LogP contribution < -0.4 is 4.74 Å². The number of amides is 1. The van der Waals surface area contributed by atoms with Crippen molar-refractivity contribution in [2.24, 2.45) is 5.92 Å². The molecule has 25 heavy (non-hydrogen) atoms. The normalized spacial score (nSPS) is 16.3. The van der Waals surface area contributed by atoms with Crippen molar-refractivity contribution in [3.8, 4) is 5.75 Å².